The normalized spacial score (nSPS) is 23.8. The van der Waals surface area contributed by atoms with Gasteiger partial charge in [0.25, 0.3) is 5.91 Å². The smallest absolute Gasteiger partial charge is 0.264 e. The standard InChI is InChI=1S/C28H36N2O4Si/c1-8-32-26-19-11-9-10-12-22(19)29-25-23-13-20-18(16-34-35(6,7)28(3,4)5)15-33-17(2)21(20)14-30(23)27(31)24(25)26/h9-13,15,17,20-21H,8,14,16H2,1-7H3/t17-,20?,21-/m0/s1. The van der Waals surface area contributed by atoms with Crippen molar-refractivity contribution in [3.63, 3.8) is 0 Å². The first-order valence-electron chi connectivity index (χ1n) is 12.6. The van der Waals surface area contributed by atoms with E-state index >= 15 is 0 Å². The molecule has 3 atom stereocenters. The van der Waals surface area contributed by atoms with Crippen LogP contribution >= 0.6 is 0 Å². The van der Waals surface area contributed by atoms with E-state index in [-0.39, 0.29) is 28.9 Å². The van der Waals surface area contributed by atoms with Crippen molar-refractivity contribution in [1.29, 1.82) is 0 Å². The van der Waals surface area contributed by atoms with Crippen molar-refractivity contribution in [2.75, 3.05) is 19.8 Å². The molecule has 0 N–H and O–H groups in total. The van der Waals surface area contributed by atoms with Crippen LogP contribution in [-0.2, 0) is 9.16 Å². The van der Waals surface area contributed by atoms with Crippen LogP contribution in [0.1, 0.15) is 50.7 Å². The molecule has 1 aromatic carbocycles. The first-order valence-corrected chi connectivity index (χ1v) is 15.5. The highest BCUT2D eigenvalue weighted by molar-refractivity contribution is 6.74. The van der Waals surface area contributed by atoms with Crippen molar-refractivity contribution in [3.8, 4) is 5.75 Å². The molecule has 3 aliphatic heterocycles. The van der Waals surface area contributed by atoms with E-state index in [4.69, 9.17) is 18.9 Å². The topological polar surface area (TPSA) is 60.9 Å². The number of para-hydroxylation sites is 1. The van der Waals surface area contributed by atoms with E-state index < -0.39 is 8.32 Å². The number of allylic oxidation sites excluding steroid dienone is 1. The highest BCUT2D eigenvalue weighted by Gasteiger charge is 2.47. The fraction of sp³-hybridized carbons (Fsp3) is 0.500. The van der Waals surface area contributed by atoms with Gasteiger partial charge in [0.1, 0.15) is 23.1 Å². The Hall–Kier alpha value is -2.64. The zero-order valence-electron chi connectivity index (χ0n) is 21.8. The monoisotopic (exact) mass is 492 g/mol. The Balaban J connectivity index is 1.57. The summed E-state index contributed by atoms with van der Waals surface area (Å²) in [7, 11) is -1.92. The number of amides is 1. The van der Waals surface area contributed by atoms with Gasteiger partial charge in [0, 0.05) is 23.8 Å². The van der Waals surface area contributed by atoms with Crippen LogP contribution in [0.2, 0.25) is 18.1 Å². The molecular weight excluding hydrogens is 456 g/mol. The molecule has 0 fully saturated rings. The Morgan fingerprint density at radius 1 is 1.23 bits per heavy atom. The maximum absolute atomic E-state index is 13.7. The molecule has 1 amide bonds. The maximum Gasteiger partial charge on any atom is 0.264 e. The molecule has 0 spiro atoms. The molecule has 7 heteroatoms. The highest BCUT2D eigenvalue weighted by Crippen LogP contribution is 2.47. The number of ether oxygens (including phenoxy) is 2. The minimum absolute atomic E-state index is 0.00401. The van der Waals surface area contributed by atoms with E-state index in [1.807, 2.05) is 42.4 Å². The number of rotatable bonds is 5. The summed E-state index contributed by atoms with van der Waals surface area (Å²) in [6.45, 7) is 17.0. The molecule has 186 valence electrons. The van der Waals surface area contributed by atoms with Crippen LogP contribution in [0.3, 0.4) is 0 Å². The first kappa shape index (κ1) is 24.1. The first-order chi connectivity index (χ1) is 16.5. The Kier molecular flexibility index (Phi) is 5.84. The molecule has 0 radical (unpaired) electrons. The summed E-state index contributed by atoms with van der Waals surface area (Å²) >= 11 is 0. The van der Waals surface area contributed by atoms with E-state index in [0.717, 1.165) is 27.9 Å². The predicted octanol–water partition coefficient (Wildman–Crippen LogP) is 6.00. The van der Waals surface area contributed by atoms with Gasteiger partial charge in [-0.05, 0) is 49.7 Å². The number of fused-ring (bicyclic) bond motifs is 5. The lowest BCUT2D eigenvalue weighted by molar-refractivity contribution is 0.0393. The van der Waals surface area contributed by atoms with Gasteiger partial charge in [-0.2, -0.15) is 0 Å². The minimum Gasteiger partial charge on any atom is -0.498 e. The van der Waals surface area contributed by atoms with Gasteiger partial charge < -0.3 is 18.8 Å². The van der Waals surface area contributed by atoms with Gasteiger partial charge in [0.05, 0.1) is 30.7 Å². The number of aromatic nitrogens is 1. The average molecular weight is 493 g/mol. The quantitative estimate of drug-likeness (QED) is 0.479. The Morgan fingerprint density at radius 2 is 1.97 bits per heavy atom. The Bertz CT molecular complexity index is 1240. The third kappa shape index (κ3) is 3.89. The summed E-state index contributed by atoms with van der Waals surface area (Å²) in [6, 6.07) is 7.88. The number of nitrogens with zero attached hydrogens (tertiary/aromatic N) is 2. The molecule has 0 aliphatic carbocycles. The van der Waals surface area contributed by atoms with Gasteiger partial charge in [0.2, 0.25) is 0 Å². The average Bonchev–Trinajstić information content (AvgIpc) is 3.08. The molecule has 5 rings (SSSR count). The van der Waals surface area contributed by atoms with Gasteiger partial charge in [-0.25, -0.2) is 4.98 Å². The van der Waals surface area contributed by atoms with Crippen molar-refractivity contribution in [2.24, 2.45) is 11.8 Å². The summed E-state index contributed by atoms with van der Waals surface area (Å²) in [6.07, 6.45) is 4.11. The molecule has 4 heterocycles. The molecule has 0 saturated heterocycles. The van der Waals surface area contributed by atoms with Crippen LogP contribution < -0.4 is 4.74 Å². The van der Waals surface area contributed by atoms with Gasteiger partial charge >= 0.3 is 0 Å². The number of benzene rings is 1. The third-order valence-corrected chi connectivity index (χ3v) is 12.7. The fourth-order valence-electron chi connectivity index (χ4n) is 5.01. The van der Waals surface area contributed by atoms with E-state index in [0.29, 0.717) is 31.1 Å². The highest BCUT2D eigenvalue weighted by atomic mass is 28.4. The minimum atomic E-state index is -1.92. The summed E-state index contributed by atoms with van der Waals surface area (Å²) in [4.78, 5) is 20.5. The second-order valence-electron chi connectivity index (χ2n) is 11.4. The lowest BCUT2D eigenvalue weighted by Gasteiger charge is -2.42. The molecule has 35 heavy (non-hydrogen) atoms. The SMILES string of the molecule is CCOc1c2c(nc3ccccc13)C1=CC3C(CO[Si](C)(C)C(C)(C)C)=CO[C@@H](C)[C@@H]3CN1C2=O. The van der Waals surface area contributed by atoms with Crippen molar-refractivity contribution in [2.45, 2.75) is 58.9 Å². The third-order valence-electron chi connectivity index (χ3n) is 8.19. The summed E-state index contributed by atoms with van der Waals surface area (Å²) in [5.41, 5.74) is 4.15. The van der Waals surface area contributed by atoms with Crippen molar-refractivity contribution < 1.29 is 18.7 Å². The van der Waals surface area contributed by atoms with E-state index in [9.17, 15) is 4.79 Å². The fourth-order valence-corrected chi connectivity index (χ4v) is 5.97. The van der Waals surface area contributed by atoms with Crippen LogP contribution in [0.4, 0.5) is 0 Å². The van der Waals surface area contributed by atoms with Crippen molar-refractivity contribution in [1.82, 2.24) is 9.88 Å². The van der Waals surface area contributed by atoms with Crippen molar-refractivity contribution >= 4 is 30.8 Å². The second-order valence-corrected chi connectivity index (χ2v) is 16.2. The zero-order valence-corrected chi connectivity index (χ0v) is 22.8. The van der Waals surface area contributed by atoms with Gasteiger partial charge in [-0.1, -0.05) is 39.0 Å². The molecule has 2 aromatic rings. The number of pyridine rings is 1. The predicted molar refractivity (Wildman–Crippen MR) is 141 cm³/mol. The molecule has 3 aliphatic rings. The molecule has 1 aromatic heterocycles. The Morgan fingerprint density at radius 3 is 2.69 bits per heavy atom. The molecule has 0 saturated carbocycles. The number of carbonyl (C=O) groups excluding carboxylic acids is 1. The molecular formula is C28H36N2O4Si. The van der Waals surface area contributed by atoms with Crippen LogP contribution in [0.15, 0.2) is 42.2 Å². The summed E-state index contributed by atoms with van der Waals surface area (Å²) in [5, 5.41) is 1.01. The number of hydrogen-bond acceptors (Lipinski definition) is 5. The van der Waals surface area contributed by atoms with E-state index in [1.54, 1.807) is 0 Å². The van der Waals surface area contributed by atoms with Crippen LogP contribution in [0, 0.1) is 11.8 Å². The van der Waals surface area contributed by atoms with Gasteiger partial charge in [-0.3, -0.25) is 4.79 Å². The largest absolute Gasteiger partial charge is 0.498 e. The van der Waals surface area contributed by atoms with Crippen LogP contribution in [-0.4, -0.2) is 50.0 Å². The number of carbonyl (C=O) groups is 1. The van der Waals surface area contributed by atoms with Crippen LogP contribution in [0.5, 0.6) is 5.75 Å². The lowest BCUT2D eigenvalue weighted by atomic mass is 9.78. The zero-order chi connectivity index (χ0) is 25.1. The maximum atomic E-state index is 13.7. The molecule has 0 bridgehead atoms. The second kappa shape index (κ2) is 8.49. The molecule has 1 unspecified atom stereocenters. The lowest BCUT2D eigenvalue weighted by Crippen LogP contribution is -2.46. The van der Waals surface area contributed by atoms with Gasteiger partial charge in [-0.15, -0.1) is 0 Å². The van der Waals surface area contributed by atoms with E-state index in [1.165, 1.54) is 0 Å². The Labute approximate surface area is 209 Å². The summed E-state index contributed by atoms with van der Waals surface area (Å²) in [5.74, 6) is 0.896. The summed E-state index contributed by atoms with van der Waals surface area (Å²) < 4.78 is 18.7. The number of hydrogen-bond donors (Lipinski definition) is 0. The van der Waals surface area contributed by atoms with Gasteiger partial charge in [0.15, 0.2) is 8.32 Å². The molecule has 6 nitrogen and oxygen atoms in total. The van der Waals surface area contributed by atoms with Crippen LogP contribution in [0.25, 0.3) is 16.6 Å². The van der Waals surface area contributed by atoms with E-state index in [2.05, 4.69) is 46.9 Å². The van der Waals surface area contributed by atoms with Crippen molar-refractivity contribution in [3.05, 3.63) is 53.4 Å².